The van der Waals surface area contributed by atoms with Gasteiger partial charge in [-0.3, -0.25) is 0 Å². The number of nitrogens with one attached hydrogen (secondary N) is 1. The number of rotatable bonds is 6. The van der Waals surface area contributed by atoms with Crippen molar-refractivity contribution in [2.45, 2.75) is 13.8 Å². The highest BCUT2D eigenvalue weighted by molar-refractivity contribution is 5.66. The Balaban J connectivity index is 1.97. The van der Waals surface area contributed by atoms with Crippen LogP contribution in [-0.4, -0.2) is 45.7 Å². The summed E-state index contributed by atoms with van der Waals surface area (Å²) in [4.78, 5) is 6.72. The van der Waals surface area contributed by atoms with Crippen molar-refractivity contribution in [2.75, 3.05) is 31.5 Å². The van der Waals surface area contributed by atoms with Gasteiger partial charge >= 0.3 is 0 Å². The Kier molecular flexibility index (Phi) is 3.93. The number of likely N-dealkylation sites (N-methyl/N-ethyl adjacent to an activating group) is 1. The Bertz CT molecular complexity index is 461. The third-order valence-electron chi connectivity index (χ3n) is 2.94. The minimum Gasteiger partial charge on any atom is -0.367 e. The van der Waals surface area contributed by atoms with Crippen molar-refractivity contribution in [1.29, 1.82) is 0 Å². The topological polar surface area (TPSA) is 45.5 Å². The fourth-order valence-corrected chi connectivity index (χ4v) is 1.87. The van der Waals surface area contributed by atoms with Gasteiger partial charge in [-0.1, -0.05) is 13.8 Å². The zero-order valence-corrected chi connectivity index (χ0v) is 10.4. The molecule has 0 spiro atoms. The molecule has 0 aliphatic carbocycles. The van der Waals surface area contributed by atoms with Gasteiger partial charge in [-0.25, -0.2) is 9.50 Å². The number of fused-ring (bicyclic) bond motifs is 1. The molecule has 0 saturated heterocycles. The molecule has 2 rings (SSSR count). The lowest BCUT2D eigenvalue weighted by Crippen LogP contribution is -2.28. The molecule has 5 nitrogen and oxygen atoms in total. The standard InChI is InChI=1S/C12H19N5/c1-3-16(4-2)9-7-13-12-11-5-6-15-17(11)10-8-14-12/h5-6,8,10H,3-4,7,9H2,1-2H3,(H,13,14). The molecule has 0 fully saturated rings. The van der Waals surface area contributed by atoms with Crippen LogP contribution in [0.3, 0.4) is 0 Å². The maximum atomic E-state index is 4.34. The highest BCUT2D eigenvalue weighted by Gasteiger charge is 2.03. The van der Waals surface area contributed by atoms with Gasteiger partial charge in [-0.2, -0.15) is 5.10 Å². The second-order valence-electron chi connectivity index (χ2n) is 3.89. The van der Waals surface area contributed by atoms with E-state index in [-0.39, 0.29) is 0 Å². The van der Waals surface area contributed by atoms with Gasteiger partial charge < -0.3 is 10.2 Å². The van der Waals surface area contributed by atoms with E-state index in [4.69, 9.17) is 0 Å². The molecule has 0 saturated carbocycles. The van der Waals surface area contributed by atoms with Gasteiger partial charge in [0.15, 0.2) is 5.82 Å². The molecular formula is C12H19N5. The lowest BCUT2D eigenvalue weighted by atomic mass is 10.4. The number of nitrogens with zero attached hydrogens (tertiary/aromatic N) is 4. The minimum absolute atomic E-state index is 0.900. The van der Waals surface area contributed by atoms with Crippen LogP contribution in [-0.2, 0) is 0 Å². The van der Waals surface area contributed by atoms with Crippen LogP contribution in [0, 0.1) is 0 Å². The van der Waals surface area contributed by atoms with Gasteiger partial charge in [0.1, 0.15) is 5.52 Å². The molecule has 0 aliphatic heterocycles. The quantitative estimate of drug-likeness (QED) is 0.821. The van der Waals surface area contributed by atoms with E-state index in [0.29, 0.717) is 0 Å². The second-order valence-corrected chi connectivity index (χ2v) is 3.89. The monoisotopic (exact) mass is 233 g/mol. The van der Waals surface area contributed by atoms with Gasteiger partial charge in [0.05, 0.1) is 6.20 Å². The van der Waals surface area contributed by atoms with Crippen molar-refractivity contribution in [3.63, 3.8) is 0 Å². The first kappa shape index (κ1) is 11.9. The molecule has 0 aliphatic rings. The molecular weight excluding hydrogens is 214 g/mol. The highest BCUT2D eigenvalue weighted by atomic mass is 15.2. The summed E-state index contributed by atoms with van der Waals surface area (Å²) in [6, 6.07) is 1.97. The van der Waals surface area contributed by atoms with E-state index in [2.05, 4.69) is 34.1 Å². The van der Waals surface area contributed by atoms with E-state index in [0.717, 1.165) is 37.5 Å². The third-order valence-corrected chi connectivity index (χ3v) is 2.94. The molecule has 2 heterocycles. The van der Waals surface area contributed by atoms with E-state index in [1.165, 1.54) is 0 Å². The molecule has 17 heavy (non-hydrogen) atoms. The summed E-state index contributed by atoms with van der Waals surface area (Å²) < 4.78 is 1.83. The van der Waals surface area contributed by atoms with Crippen molar-refractivity contribution in [3.05, 3.63) is 24.7 Å². The molecule has 0 bridgehead atoms. The number of anilines is 1. The second kappa shape index (κ2) is 5.63. The fourth-order valence-electron chi connectivity index (χ4n) is 1.87. The normalized spacial score (nSPS) is 11.2. The van der Waals surface area contributed by atoms with Gasteiger partial charge in [0, 0.05) is 25.5 Å². The average Bonchev–Trinajstić information content (AvgIpc) is 2.83. The molecule has 0 atom stereocenters. The summed E-state index contributed by atoms with van der Waals surface area (Å²) in [6.07, 6.45) is 5.40. The molecule has 92 valence electrons. The van der Waals surface area contributed by atoms with Crippen LogP contribution in [0.1, 0.15) is 13.8 Å². The fraction of sp³-hybridized carbons (Fsp3) is 0.500. The van der Waals surface area contributed by atoms with Gasteiger partial charge in [0.2, 0.25) is 0 Å². The van der Waals surface area contributed by atoms with Crippen LogP contribution in [0.25, 0.3) is 5.52 Å². The molecule has 0 amide bonds. The van der Waals surface area contributed by atoms with E-state index in [9.17, 15) is 0 Å². The molecule has 1 N–H and O–H groups in total. The van der Waals surface area contributed by atoms with Crippen LogP contribution in [0.5, 0.6) is 0 Å². The summed E-state index contributed by atoms with van der Waals surface area (Å²) in [6.45, 7) is 8.47. The van der Waals surface area contributed by atoms with Gasteiger partial charge in [0.25, 0.3) is 0 Å². The van der Waals surface area contributed by atoms with E-state index < -0.39 is 0 Å². The predicted molar refractivity (Wildman–Crippen MR) is 69.3 cm³/mol. The minimum atomic E-state index is 0.900. The molecule has 0 unspecified atom stereocenters. The van der Waals surface area contributed by atoms with E-state index in [1.807, 2.05) is 16.8 Å². The lowest BCUT2D eigenvalue weighted by molar-refractivity contribution is 0.316. The molecule has 2 aromatic rings. The largest absolute Gasteiger partial charge is 0.367 e. The first-order valence-corrected chi connectivity index (χ1v) is 6.09. The third kappa shape index (κ3) is 2.74. The van der Waals surface area contributed by atoms with E-state index >= 15 is 0 Å². The van der Waals surface area contributed by atoms with Gasteiger partial charge in [-0.05, 0) is 19.2 Å². The Labute approximate surface area is 101 Å². The number of hydrogen-bond donors (Lipinski definition) is 1. The first-order valence-electron chi connectivity index (χ1n) is 6.09. The van der Waals surface area contributed by atoms with Crippen LogP contribution in [0.4, 0.5) is 5.82 Å². The summed E-state index contributed by atoms with van der Waals surface area (Å²) in [5.74, 6) is 0.900. The van der Waals surface area contributed by atoms with Crippen LogP contribution in [0.2, 0.25) is 0 Å². The van der Waals surface area contributed by atoms with Crippen molar-refractivity contribution in [2.24, 2.45) is 0 Å². The predicted octanol–water partition coefficient (Wildman–Crippen LogP) is 1.48. The number of hydrogen-bond acceptors (Lipinski definition) is 4. The zero-order valence-electron chi connectivity index (χ0n) is 10.4. The lowest BCUT2D eigenvalue weighted by Gasteiger charge is -2.18. The molecule has 0 radical (unpaired) electrons. The van der Waals surface area contributed by atoms with Crippen LogP contribution in [0.15, 0.2) is 24.7 Å². The Morgan fingerprint density at radius 3 is 2.88 bits per heavy atom. The molecule has 0 aromatic carbocycles. The summed E-state index contributed by atoms with van der Waals surface area (Å²) in [7, 11) is 0. The molecule has 2 aromatic heterocycles. The number of aromatic nitrogens is 3. The van der Waals surface area contributed by atoms with Crippen molar-refractivity contribution in [1.82, 2.24) is 19.5 Å². The Morgan fingerprint density at radius 2 is 2.12 bits per heavy atom. The summed E-state index contributed by atoms with van der Waals surface area (Å²) in [5.41, 5.74) is 1.02. The van der Waals surface area contributed by atoms with Crippen LogP contribution >= 0.6 is 0 Å². The maximum absolute atomic E-state index is 4.34. The summed E-state index contributed by atoms with van der Waals surface area (Å²) >= 11 is 0. The van der Waals surface area contributed by atoms with Gasteiger partial charge in [-0.15, -0.1) is 0 Å². The van der Waals surface area contributed by atoms with Crippen molar-refractivity contribution < 1.29 is 0 Å². The zero-order chi connectivity index (χ0) is 12.1. The average molecular weight is 233 g/mol. The van der Waals surface area contributed by atoms with Crippen molar-refractivity contribution >= 4 is 11.3 Å². The summed E-state index contributed by atoms with van der Waals surface area (Å²) in [5, 5.41) is 7.54. The van der Waals surface area contributed by atoms with E-state index in [1.54, 1.807) is 12.4 Å². The smallest absolute Gasteiger partial charge is 0.152 e. The molecule has 5 heteroatoms. The Hall–Kier alpha value is -1.62. The highest BCUT2D eigenvalue weighted by Crippen LogP contribution is 2.11. The van der Waals surface area contributed by atoms with Crippen molar-refractivity contribution in [3.8, 4) is 0 Å². The Morgan fingerprint density at radius 1 is 1.29 bits per heavy atom. The maximum Gasteiger partial charge on any atom is 0.152 e. The van der Waals surface area contributed by atoms with Crippen LogP contribution < -0.4 is 5.32 Å². The SMILES string of the molecule is CCN(CC)CCNc1nccn2nccc12. The first-order chi connectivity index (χ1) is 8.35.